The number of hydrogen-bond donors (Lipinski definition) is 1. The van der Waals surface area contributed by atoms with Crippen molar-refractivity contribution >= 4 is 23.4 Å². The number of likely N-dealkylation sites (N-methyl/N-ethyl adjacent to an activating group) is 1. The van der Waals surface area contributed by atoms with Crippen LogP contribution in [0.25, 0.3) is 0 Å². The zero-order valence-corrected chi connectivity index (χ0v) is 15.6. The highest BCUT2D eigenvalue weighted by Gasteiger charge is 2.26. The third-order valence-corrected chi connectivity index (χ3v) is 4.49. The topological polar surface area (TPSA) is 49.4 Å². The maximum atomic E-state index is 13.9. The van der Waals surface area contributed by atoms with Crippen molar-refractivity contribution in [1.82, 2.24) is 10.2 Å². The second-order valence-electron chi connectivity index (χ2n) is 5.95. The molecule has 0 aromatic heterocycles. The van der Waals surface area contributed by atoms with Gasteiger partial charge in [0.25, 0.3) is 0 Å². The minimum Gasteiger partial charge on any atom is -0.355 e. The summed E-state index contributed by atoms with van der Waals surface area (Å²) >= 11 is 6.21. The number of hydrogen-bond acceptors (Lipinski definition) is 2. The third kappa shape index (κ3) is 5.05. The van der Waals surface area contributed by atoms with E-state index in [-0.39, 0.29) is 24.8 Å². The second kappa shape index (κ2) is 9.34. The number of halogens is 2. The molecule has 4 nitrogen and oxygen atoms in total. The highest BCUT2D eigenvalue weighted by Crippen LogP contribution is 2.20. The Hall–Kier alpha value is -2.40. The number of carbonyl (C=O) groups excluding carboxylic acids is 2. The Balaban J connectivity index is 2.27. The second-order valence-corrected chi connectivity index (χ2v) is 6.36. The minimum atomic E-state index is -0.703. The van der Waals surface area contributed by atoms with Gasteiger partial charge in [0.1, 0.15) is 11.9 Å². The smallest absolute Gasteiger partial charge is 0.242 e. The van der Waals surface area contributed by atoms with Gasteiger partial charge in [-0.05, 0) is 37.1 Å². The number of carbonyl (C=O) groups is 2. The van der Waals surface area contributed by atoms with E-state index in [1.165, 1.54) is 11.0 Å². The SMILES string of the molecule is CCNC(=O)C(C)N(Cc1ccccc1Cl)C(=O)Cc1ccccc1F. The average molecular weight is 377 g/mol. The maximum Gasteiger partial charge on any atom is 0.242 e. The van der Waals surface area contributed by atoms with Crippen molar-refractivity contribution in [3.05, 3.63) is 70.5 Å². The first-order valence-electron chi connectivity index (χ1n) is 8.48. The van der Waals surface area contributed by atoms with Gasteiger partial charge in [0.05, 0.1) is 6.42 Å². The van der Waals surface area contributed by atoms with Gasteiger partial charge in [-0.25, -0.2) is 4.39 Å². The standard InChI is InChI=1S/C20H22ClFN2O2/c1-3-23-20(26)14(2)24(13-16-9-4-6-10-17(16)21)19(25)12-15-8-5-7-11-18(15)22/h4-11,14H,3,12-13H2,1-2H3,(H,23,26). The normalized spacial score (nSPS) is 11.7. The zero-order valence-electron chi connectivity index (χ0n) is 14.8. The number of benzene rings is 2. The minimum absolute atomic E-state index is 0.124. The van der Waals surface area contributed by atoms with Crippen LogP contribution in [0.15, 0.2) is 48.5 Å². The number of rotatable bonds is 7. The highest BCUT2D eigenvalue weighted by molar-refractivity contribution is 6.31. The number of nitrogens with one attached hydrogen (secondary N) is 1. The highest BCUT2D eigenvalue weighted by atomic mass is 35.5. The van der Waals surface area contributed by atoms with Crippen LogP contribution in [0.3, 0.4) is 0 Å². The Kier molecular flexibility index (Phi) is 7.16. The van der Waals surface area contributed by atoms with Crippen LogP contribution in [0.5, 0.6) is 0 Å². The molecule has 2 rings (SSSR count). The van der Waals surface area contributed by atoms with Gasteiger partial charge in [-0.3, -0.25) is 9.59 Å². The zero-order chi connectivity index (χ0) is 19.1. The van der Waals surface area contributed by atoms with E-state index >= 15 is 0 Å². The van der Waals surface area contributed by atoms with Gasteiger partial charge in [-0.15, -0.1) is 0 Å². The molecule has 26 heavy (non-hydrogen) atoms. The molecule has 0 radical (unpaired) electrons. The lowest BCUT2D eigenvalue weighted by atomic mass is 10.1. The fourth-order valence-electron chi connectivity index (χ4n) is 2.62. The molecule has 0 saturated heterocycles. The van der Waals surface area contributed by atoms with Crippen LogP contribution in [0, 0.1) is 5.82 Å². The van der Waals surface area contributed by atoms with Gasteiger partial charge < -0.3 is 10.2 Å². The molecule has 0 saturated carbocycles. The van der Waals surface area contributed by atoms with E-state index in [1.807, 2.05) is 13.0 Å². The summed E-state index contributed by atoms with van der Waals surface area (Å²) in [5.41, 5.74) is 1.02. The van der Waals surface area contributed by atoms with E-state index in [0.717, 1.165) is 5.56 Å². The summed E-state index contributed by atoms with van der Waals surface area (Å²) in [6.07, 6.45) is -0.124. The van der Waals surface area contributed by atoms with Crippen molar-refractivity contribution in [2.75, 3.05) is 6.54 Å². The molecule has 0 aliphatic heterocycles. The molecular weight excluding hydrogens is 355 g/mol. The van der Waals surface area contributed by atoms with Gasteiger partial charge >= 0.3 is 0 Å². The molecule has 0 spiro atoms. The Morgan fingerprint density at radius 2 is 1.73 bits per heavy atom. The summed E-state index contributed by atoms with van der Waals surface area (Å²) in [6, 6.07) is 12.6. The molecular formula is C20H22ClFN2O2. The van der Waals surface area contributed by atoms with E-state index < -0.39 is 11.9 Å². The van der Waals surface area contributed by atoms with E-state index in [9.17, 15) is 14.0 Å². The van der Waals surface area contributed by atoms with E-state index in [1.54, 1.807) is 43.3 Å². The average Bonchev–Trinajstić information content (AvgIpc) is 2.62. The van der Waals surface area contributed by atoms with Gasteiger partial charge in [-0.2, -0.15) is 0 Å². The fourth-order valence-corrected chi connectivity index (χ4v) is 2.82. The lowest BCUT2D eigenvalue weighted by Crippen LogP contribution is -2.48. The summed E-state index contributed by atoms with van der Waals surface area (Å²) in [5.74, 6) is -1.04. The van der Waals surface area contributed by atoms with E-state index in [2.05, 4.69) is 5.32 Å². The fraction of sp³-hybridized carbons (Fsp3) is 0.300. The first-order valence-corrected chi connectivity index (χ1v) is 8.85. The monoisotopic (exact) mass is 376 g/mol. The van der Waals surface area contributed by atoms with Gasteiger partial charge in [0.15, 0.2) is 0 Å². The van der Waals surface area contributed by atoms with Crippen molar-refractivity contribution in [2.45, 2.75) is 32.9 Å². The molecule has 1 atom stereocenters. The predicted molar refractivity (Wildman–Crippen MR) is 100 cm³/mol. The molecule has 1 unspecified atom stereocenters. The molecule has 0 fully saturated rings. The van der Waals surface area contributed by atoms with Crippen molar-refractivity contribution in [3.63, 3.8) is 0 Å². The molecule has 1 N–H and O–H groups in total. The van der Waals surface area contributed by atoms with Gasteiger partial charge in [-0.1, -0.05) is 48.0 Å². The molecule has 0 bridgehead atoms. The lowest BCUT2D eigenvalue weighted by Gasteiger charge is -2.29. The van der Waals surface area contributed by atoms with Crippen LogP contribution in [0.1, 0.15) is 25.0 Å². The first kappa shape index (κ1) is 19.9. The third-order valence-electron chi connectivity index (χ3n) is 4.12. The maximum absolute atomic E-state index is 13.9. The van der Waals surface area contributed by atoms with Crippen molar-refractivity contribution in [2.24, 2.45) is 0 Å². The Morgan fingerprint density at radius 3 is 2.35 bits per heavy atom. The molecule has 0 heterocycles. The van der Waals surface area contributed by atoms with E-state index in [4.69, 9.17) is 11.6 Å². The Bertz CT molecular complexity index is 782. The van der Waals surface area contributed by atoms with Crippen LogP contribution in [0.2, 0.25) is 5.02 Å². The van der Waals surface area contributed by atoms with Crippen LogP contribution >= 0.6 is 11.6 Å². The predicted octanol–water partition coefficient (Wildman–Crippen LogP) is 3.58. The summed E-state index contributed by atoms with van der Waals surface area (Å²) in [7, 11) is 0. The lowest BCUT2D eigenvalue weighted by molar-refractivity contribution is -0.140. The molecule has 2 aromatic rings. The van der Waals surface area contributed by atoms with Crippen LogP contribution in [-0.4, -0.2) is 29.3 Å². The molecule has 138 valence electrons. The van der Waals surface area contributed by atoms with Crippen LogP contribution in [-0.2, 0) is 22.6 Å². The van der Waals surface area contributed by atoms with Crippen molar-refractivity contribution in [1.29, 1.82) is 0 Å². The van der Waals surface area contributed by atoms with Crippen LogP contribution < -0.4 is 5.32 Å². The van der Waals surface area contributed by atoms with Gasteiger partial charge in [0, 0.05) is 18.1 Å². The van der Waals surface area contributed by atoms with Crippen molar-refractivity contribution in [3.8, 4) is 0 Å². The summed E-state index contributed by atoms with van der Waals surface area (Å²) in [5, 5.41) is 3.23. The molecule has 0 aliphatic rings. The molecule has 2 aromatic carbocycles. The first-order chi connectivity index (χ1) is 12.4. The quantitative estimate of drug-likeness (QED) is 0.803. The van der Waals surface area contributed by atoms with Gasteiger partial charge in [0.2, 0.25) is 11.8 Å². The Morgan fingerprint density at radius 1 is 1.12 bits per heavy atom. The molecule has 6 heteroatoms. The Labute approximate surface area is 158 Å². The number of amides is 2. The van der Waals surface area contributed by atoms with E-state index in [0.29, 0.717) is 17.1 Å². The van der Waals surface area contributed by atoms with Crippen LogP contribution in [0.4, 0.5) is 4.39 Å². The number of nitrogens with zero attached hydrogens (tertiary/aromatic N) is 1. The summed E-state index contributed by atoms with van der Waals surface area (Å²) < 4.78 is 13.9. The molecule has 0 aliphatic carbocycles. The summed E-state index contributed by atoms with van der Waals surface area (Å²) in [6.45, 7) is 4.10. The molecule has 2 amide bonds. The summed E-state index contributed by atoms with van der Waals surface area (Å²) in [4.78, 5) is 26.6. The largest absolute Gasteiger partial charge is 0.355 e. The van der Waals surface area contributed by atoms with Crippen molar-refractivity contribution < 1.29 is 14.0 Å².